The van der Waals surface area contributed by atoms with E-state index in [4.69, 9.17) is 26.9 Å². The molecule has 0 aliphatic heterocycles. The third-order valence-electron chi connectivity index (χ3n) is 6.10. The smallest absolute Gasteiger partial charge is 0.269 e. The molecule has 0 fully saturated rings. The Morgan fingerprint density at radius 1 is 0.743 bits per heavy atom. The van der Waals surface area contributed by atoms with Gasteiger partial charge in [-0.1, -0.05) is 72.8 Å². The summed E-state index contributed by atoms with van der Waals surface area (Å²) in [5.41, 5.74) is 4.29. The minimum atomic E-state index is 0.348. The SMILES string of the molecule is C=CCN(C(=S)Oc1ccc2nc3c4ccccc4c4ccccc4c3nc2c1)c1ccccc1. The maximum atomic E-state index is 6.10. The van der Waals surface area contributed by atoms with Gasteiger partial charge >= 0.3 is 0 Å². The van der Waals surface area contributed by atoms with E-state index in [0.717, 1.165) is 38.5 Å². The molecule has 1 heterocycles. The molecule has 0 radical (unpaired) electrons. The molecule has 0 aliphatic carbocycles. The lowest BCUT2D eigenvalue weighted by atomic mass is 9.99. The van der Waals surface area contributed by atoms with Crippen molar-refractivity contribution in [3.8, 4) is 5.75 Å². The Morgan fingerprint density at radius 2 is 1.31 bits per heavy atom. The Bertz CT molecular complexity index is 1750. The van der Waals surface area contributed by atoms with Gasteiger partial charge in [-0.2, -0.15) is 0 Å². The average Bonchev–Trinajstić information content (AvgIpc) is 2.91. The monoisotopic (exact) mass is 471 g/mol. The van der Waals surface area contributed by atoms with E-state index in [1.807, 2.05) is 65.6 Å². The molecule has 0 saturated heterocycles. The molecule has 1 aromatic heterocycles. The van der Waals surface area contributed by atoms with E-state index < -0.39 is 0 Å². The van der Waals surface area contributed by atoms with Crippen LogP contribution in [-0.2, 0) is 0 Å². The van der Waals surface area contributed by atoms with Crippen LogP contribution < -0.4 is 9.64 Å². The summed E-state index contributed by atoms with van der Waals surface area (Å²) in [5.74, 6) is 0.617. The van der Waals surface area contributed by atoms with Crippen LogP contribution >= 0.6 is 12.2 Å². The molecule has 5 heteroatoms. The normalized spacial score (nSPS) is 11.2. The molecule has 0 unspecified atom stereocenters. The van der Waals surface area contributed by atoms with E-state index in [0.29, 0.717) is 17.5 Å². The molecule has 0 amide bonds. The molecule has 6 rings (SSSR count). The van der Waals surface area contributed by atoms with Gasteiger partial charge in [-0.15, -0.1) is 6.58 Å². The Kier molecular flexibility index (Phi) is 5.32. The van der Waals surface area contributed by atoms with Crippen molar-refractivity contribution < 1.29 is 4.74 Å². The van der Waals surface area contributed by atoms with Crippen molar-refractivity contribution in [1.29, 1.82) is 0 Å². The third kappa shape index (κ3) is 3.76. The molecule has 5 aromatic carbocycles. The quantitative estimate of drug-likeness (QED) is 0.116. The number of rotatable bonds is 4. The minimum Gasteiger partial charge on any atom is -0.431 e. The summed E-state index contributed by atoms with van der Waals surface area (Å²) in [6, 6.07) is 32.3. The van der Waals surface area contributed by atoms with E-state index in [1.165, 1.54) is 10.8 Å². The van der Waals surface area contributed by atoms with Crippen molar-refractivity contribution in [1.82, 2.24) is 9.97 Å². The fourth-order valence-electron chi connectivity index (χ4n) is 4.50. The van der Waals surface area contributed by atoms with Crippen LogP contribution in [0.4, 0.5) is 5.69 Å². The van der Waals surface area contributed by atoms with E-state index in [-0.39, 0.29) is 0 Å². The average molecular weight is 472 g/mol. The number of nitrogens with zero attached hydrogens (tertiary/aromatic N) is 3. The van der Waals surface area contributed by atoms with E-state index in [1.54, 1.807) is 6.08 Å². The zero-order chi connectivity index (χ0) is 23.8. The number of ether oxygens (including phenoxy) is 1. The standard InChI is InChI=1S/C30H21N3OS/c1-2-18-33(20-10-4-3-5-11-20)30(35)34-21-16-17-26-27(19-21)32-29-25-15-9-7-13-23(25)22-12-6-8-14-24(22)28(29)31-26/h2-17,19H,1,18H2. The molecular weight excluding hydrogens is 450 g/mol. The Balaban J connectivity index is 1.46. The molecule has 6 aromatic rings. The van der Waals surface area contributed by atoms with E-state index >= 15 is 0 Å². The van der Waals surface area contributed by atoms with Crippen LogP contribution in [0.3, 0.4) is 0 Å². The van der Waals surface area contributed by atoms with Crippen LogP contribution in [0, 0.1) is 0 Å². The van der Waals surface area contributed by atoms with Gasteiger partial charge < -0.3 is 4.74 Å². The van der Waals surface area contributed by atoms with E-state index in [2.05, 4.69) is 43.0 Å². The van der Waals surface area contributed by atoms with Gasteiger partial charge in [-0.25, -0.2) is 9.97 Å². The molecule has 0 aliphatic rings. The first-order valence-electron chi connectivity index (χ1n) is 11.4. The summed E-state index contributed by atoms with van der Waals surface area (Å²) in [5, 5.41) is 4.87. The van der Waals surface area contributed by atoms with Crippen LogP contribution in [-0.4, -0.2) is 21.7 Å². The van der Waals surface area contributed by atoms with Gasteiger partial charge in [0.15, 0.2) is 0 Å². The Morgan fingerprint density at radius 3 is 1.94 bits per heavy atom. The fraction of sp³-hybridized carbons (Fsp3) is 0.0333. The second kappa shape index (κ2) is 8.78. The number of benzene rings is 5. The molecule has 168 valence electrons. The number of aromatic nitrogens is 2. The van der Waals surface area contributed by atoms with Gasteiger partial charge in [0.2, 0.25) is 0 Å². The van der Waals surface area contributed by atoms with Crippen molar-refractivity contribution in [2.45, 2.75) is 0 Å². The fourth-order valence-corrected chi connectivity index (χ4v) is 4.78. The summed E-state index contributed by atoms with van der Waals surface area (Å²) in [6.45, 7) is 4.40. The topological polar surface area (TPSA) is 38.2 Å². The first-order chi connectivity index (χ1) is 17.2. The highest BCUT2D eigenvalue weighted by molar-refractivity contribution is 7.80. The number of anilines is 1. The first kappa shape index (κ1) is 21.2. The predicted molar refractivity (Wildman–Crippen MR) is 149 cm³/mol. The molecule has 35 heavy (non-hydrogen) atoms. The van der Waals surface area contributed by atoms with Gasteiger partial charge in [-0.05, 0) is 47.3 Å². The van der Waals surface area contributed by atoms with Crippen LogP contribution in [0.5, 0.6) is 5.75 Å². The highest BCUT2D eigenvalue weighted by atomic mass is 32.1. The highest BCUT2D eigenvalue weighted by Gasteiger charge is 2.15. The summed E-state index contributed by atoms with van der Waals surface area (Å²) >= 11 is 5.64. The van der Waals surface area contributed by atoms with Gasteiger partial charge in [0.1, 0.15) is 5.75 Å². The molecule has 0 spiro atoms. The van der Waals surface area contributed by atoms with Crippen molar-refractivity contribution in [3.05, 3.63) is 110 Å². The minimum absolute atomic E-state index is 0.348. The molecule has 0 saturated carbocycles. The van der Waals surface area contributed by atoms with Crippen molar-refractivity contribution in [2.24, 2.45) is 0 Å². The molecule has 0 bridgehead atoms. The van der Waals surface area contributed by atoms with Gasteiger partial charge in [0, 0.05) is 29.1 Å². The van der Waals surface area contributed by atoms with Crippen molar-refractivity contribution in [3.63, 3.8) is 0 Å². The lowest BCUT2D eigenvalue weighted by Crippen LogP contribution is -2.33. The number of para-hydroxylation sites is 1. The number of thiocarbonyl (C=S) groups is 1. The van der Waals surface area contributed by atoms with Crippen LogP contribution in [0.25, 0.3) is 43.6 Å². The predicted octanol–water partition coefficient (Wildman–Crippen LogP) is 7.45. The number of hydrogen-bond donors (Lipinski definition) is 0. The van der Waals surface area contributed by atoms with Crippen molar-refractivity contribution >= 4 is 66.7 Å². The van der Waals surface area contributed by atoms with Gasteiger partial charge in [0.25, 0.3) is 5.17 Å². The number of fused-ring (bicyclic) bond motifs is 7. The van der Waals surface area contributed by atoms with E-state index in [9.17, 15) is 0 Å². The summed E-state index contributed by atoms with van der Waals surface area (Å²) < 4.78 is 6.10. The number of hydrogen-bond acceptors (Lipinski definition) is 4. The first-order valence-corrected chi connectivity index (χ1v) is 11.8. The second-order valence-corrected chi connectivity index (χ2v) is 8.61. The lowest BCUT2D eigenvalue weighted by Gasteiger charge is -2.23. The van der Waals surface area contributed by atoms with Crippen LogP contribution in [0.1, 0.15) is 0 Å². The zero-order valence-corrected chi connectivity index (χ0v) is 19.7. The Hall–Kier alpha value is -4.35. The molecule has 0 N–H and O–H groups in total. The van der Waals surface area contributed by atoms with Crippen LogP contribution in [0.2, 0.25) is 0 Å². The molecule has 4 nitrogen and oxygen atoms in total. The maximum absolute atomic E-state index is 6.10. The zero-order valence-electron chi connectivity index (χ0n) is 18.9. The Labute approximate surface area is 208 Å². The molecule has 0 atom stereocenters. The lowest BCUT2D eigenvalue weighted by molar-refractivity contribution is 0.550. The summed E-state index contributed by atoms with van der Waals surface area (Å²) in [6.07, 6.45) is 1.80. The van der Waals surface area contributed by atoms with Gasteiger partial charge in [-0.3, -0.25) is 4.90 Å². The maximum Gasteiger partial charge on any atom is 0.269 e. The van der Waals surface area contributed by atoms with Crippen molar-refractivity contribution in [2.75, 3.05) is 11.4 Å². The second-order valence-electron chi connectivity index (χ2n) is 8.27. The van der Waals surface area contributed by atoms with Gasteiger partial charge in [0.05, 0.1) is 22.1 Å². The molecular formula is C30H21N3OS. The largest absolute Gasteiger partial charge is 0.431 e. The highest BCUT2D eigenvalue weighted by Crippen LogP contribution is 2.34. The summed E-state index contributed by atoms with van der Waals surface area (Å²) in [7, 11) is 0. The summed E-state index contributed by atoms with van der Waals surface area (Å²) in [4.78, 5) is 12.0. The third-order valence-corrected chi connectivity index (χ3v) is 6.40. The van der Waals surface area contributed by atoms with Crippen LogP contribution in [0.15, 0.2) is 110 Å².